The molecule has 11 aromatic rings. The molecule has 3 heterocycles. The van der Waals surface area contributed by atoms with Crippen molar-refractivity contribution in [3.63, 3.8) is 0 Å². The van der Waals surface area contributed by atoms with E-state index in [0.717, 1.165) is 66.2 Å². The quantitative estimate of drug-likeness (QED) is 0.144. The lowest BCUT2D eigenvalue weighted by Gasteiger charge is -2.18. The highest BCUT2D eigenvalue weighted by Crippen LogP contribution is 2.43. The first-order valence-corrected chi connectivity index (χ1v) is 21.1. The third kappa shape index (κ3) is 6.22. The van der Waals surface area contributed by atoms with Crippen LogP contribution in [0.5, 0.6) is 0 Å². The van der Waals surface area contributed by atoms with Crippen LogP contribution in [0.2, 0.25) is 0 Å². The Labute approximate surface area is 360 Å². The Morgan fingerprint density at radius 1 is 0.435 bits per heavy atom. The molecule has 0 aliphatic rings. The zero-order valence-electron chi connectivity index (χ0n) is 34.4. The fourth-order valence-electron chi connectivity index (χ4n) is 9.10. The van der Waals surface area contributed by atoms with Gasteiger partial charge in [0.2, 0.25) is 5.95 Å². The first kappa shape index (κ1) is 36.9. The van der Waals surface area contributed by atoms with Gasteiger partial charge in [0, 0.05) is 43.9 Å². The molecule has 0 aliphatic heterocycles. The first-order chi connectivity index (χ1) is 30.7. The van der Waals surface area contributed by atoms with Crippen LogP contribution in [-0.2, 0) is 0 Å². The summed E-state index contributed by atoms with van der Waals surface area (Å²) >= 11 is 0. The number of fused-ring (bicyclic) bond motifs is 7. The molecule has 0 radical (unpaired) electrons. The van der Waals surface area contributed by atoms with Crippen molar-refractivity contribution in [2.45, 2.75) is 13.8 Å². The highest BCUT2D eigenvalue weighted by molar-refractivity contribution is 6.24. The van der Waals surface area contributed by atoms with Gasteiger partial charge in [0.05, 0.1) is 22.1 Å². The lowest BCUT2D eigenvalue weighted by Crippen LogP contribution is -2.07. The molecule has 0 atom stereocenters. The monoisotopic (exact) mass is 795 g/mol. The van der Waals surface area contributed by atoms with E-state index in [0.29, 0.717) is 17.6 Å². The molecule has 0 bridgehead atoms. The van der Waals surface area contributed by atoms with Crippen molar-refractivity contribution in [1.29, 1.82) is 0 Å². The molecular weight excluding hydrogens is 755 g/mol. The van der Waals surface area contributed by atoms with E-state index in [1.54, 1.807) is 0 Å². The molecular formula is C57H41N5. The number of hydrogen-bond acceptors (Lipinski definition) is 3. The summed E-state index contributed by atoms with van der Waals surface area (Å²) in [5.74, 6) is 1.80. The van der Waals surface area contributed by atoms with Crippen LogP contribution in [0.25, 0.3) is 106 Å². The Kier molecular flexibility index (Phi) is 9.20. The Morgan fingerprint density at radius 2 is 0.919 bits per heavy atom. The van der Waals surface area contributed by atoms with Crippen molar-refractivity contribution in [1.82, 2.24) is 24.1 Å². The predicted molar refractivity (Wildman–Crippen MR) is 259 cm³/mol. The summed E-state index contributed by atoms with van der Waals surface area (Å²) in [5.41, 5.74) is 14.2. The Hall–Kier alpha value is -8.15. The molecule has 5 heteroatoms. The molecule has 62 heavy (non-hydrogen) atoms. The molecule has 0 unspecified atom stereocenters. The van der Waals surface area contributed by atoms with Gasteiger partial charge < -0.3 is 4.57 Å². The van der Waals surface area contributed by atoms with Gasteiger partial charge in [0.1, 0.15) is 0 Å². The molecule has 11 rings (SSSR count). The summed E-state index contributed by atoms with van der Waals surface area (Å²) in [6.07, 6.45) is 4.40. The Bertz CT molecular complexity index is 3450. The number of rotatable bonds is 8. The maximum absolute atomic E-state index is 5.30. The molecule has 0 fully saturated rings. The first-order valence-electron chi connectivity index (χ1n) is 21.1. The minimum Gasteiger partial charge on any atom is -0.311 e. The van der Waals surface area contributed by atoms with Crippen molar-refractivity contribution < 1.29 is 0 Å². The van der Waals surface area contributed by atoms with Crippen LogP contribution in [0, 0.1) is 0 Å². The van der Waals surface area contributed by atoms with Crippen molar-refractivity contribution in [2.75, 3.05) is 0 Å². The second-order valence-electron chi connectivity index (χ2n) is 15.6. The van der Waals surface area contributed by atoms with Gasteiger partial charge in [-0.2, -0.15) is 9.97 Å². The van der Waals surface area contributed by atoms with Gasteiger partial charge in [-0.25, -0.2) is 4.98 Å². The van der Waals surface area contributed by atoms with Crippen molar-refractivity contribution >= 4 is 54.9 Å². The zero-order valence-corrected chi connectivity index (χ0v) is 34.4. The van der Waals surface area contributed by atoms with Crippen molar-refractivity contribution in [2.24, 2.45) is 0 Å². The van der Waals surface area contributed by atoms with E-state index in [1.165, 1.54) is 27.6 Å². The largest absolute Gasteiger partial charge is 0.311 e. The smallest absolute Gasteiger partial charge is 0.238 e. The van der Waals surface area contributed by atoms with Crippen molar-refractivity contribution in [3.8, 4) is 51.0 Å². The molecule has 0 N–H and O–H groups in total. The maximum Gasteiger partial charge on any atom is 0.238 e. The second-order valence-corrected chi connectivity index (χ2v) is 15.6. The average Bonchev–Trinajstić information content (AvgIpc) is 3.87. The maximum atomic E-state index is 5.30. The highest BCUT2D eigenvalue weighted by atomic mass is 15.2. The van der Waals surface area contributed by atoms with Gasteiger partial charge in [-0.3, -0.25) is 4.57 Å². The SMILES string of the molecule is C/C=C\C(=C(/C)n1c2ccccc2c2ccc3c4ccccc4n(-c4nc(-c5ccccc5)nc(-c5ccccc5)n4)c3c21)c1ccc(-c2ccccc2)c(-c2ccccc2)c1. The number of para-hydroxylation sites is 2. The van der Waals surface area contributed by atoms with E-state index in [4.69, 9.17) is 15.0 Å². The molecule has 3 aromatic heterocycles. The third-order valence-electron chi connectivity index (χ3n) is 11.9. The van der Waals surface area contributed by atoms with Gasteiger partial charge in [-0.15, -0.1) is 0 Å². The standard InChI is InChI=1S/C57H41N5/c1-3-20-44(43-33-34-45(39-21-8-4-9-22-39)50(37-43)40-23-10-5-11-24-40)38(2)61-51-31-18-16-29-46(51)48-35-36-49-47-30-17-19-32-52(47)62(54(49)53(48)61)57-59-55(41-25-12-6-13-26-41)58-56(60-57)42-27-14-7-15-28-42/h3-37H,1-2H3/b20-3-,44-38-. The third-order valence-corrected chi connectivity index (χ3v) is 11.9. The van der Waals surface area contributed by atoms with E-state index >= 15 is 0 Å². The van der Waals surface area contributed by atoms with Crippen molar-refractivity contribution in [3.05, 3.63) is 218 Å². The summed E-state index contributed by atoms with van der Waals surface area (Å²) in [6.45, 7) is 4.35. The summed E-state index contributed by atoms with van der Waals surface area (Å²) in [5, 5.41) is 4.58. The van der Waals surface area contributed by atoms with Gasteiger partial charge in [-0.1, -0.05) is 194 Å². The number of hydrogen-bond donors (Lipinski definition) is 0. The van der Waals surface area contributed by atoms with E-state index in [2.05, 4.69) is 199 Å². The van der Waals surface area contributed by atoms with Crippen LogP contribution < -0.4 is 0 Å². The normalized spacial score (nSPS) is 12.2. The molecule has 0 amide bonds. The van der Waals surface area contributed by atoms with Gasteiger partial charge >= 0.3 is 0 Å². The van der Waals surface area contributed by atoms with Gasteiger partial charge in [0.15, 0.2) is 11.6 Å². The predicted octanol–water partition coefficient (Wildman–Crippen LogP) is 14.7. The van der Waals surface area contributed by atoms with Crippen LogP contribution in [0.4, 0.5) is 0 Å². The van der Waals surface area contributed by atoms with E-state index in [1.807, 2.05) is 36.4 Å². The lowest BCUT2D eigenvalue weighted by molar-refractivity contribution is 0.953. The summed E-state index contributed by atoms with van der Waals surface area (Å²) in [6, 6.07) is 70.6. The van der Waals surface area contributed by atoms with Crippen LogP contribution in [0.15, 0.2) is 212 Å². The summed E-state index contributed by atoms with van der Waals surface area (Å²) < 4.78 is 4.72. The fourth-order valence-corrected chi connectivity index (χ4v) is 9.10. The summed E-state index contributed by atoms with van der Waals surface area (Å²) in [4.78, 5) is 15.7. The molecule has 294 valence electrons. The molecule has 8 aromatic carbocycles. The fraction of sp³-hybridized carbons (Fsp3) is 0.0351. The lowest BCUT2D eigenvalue weighted by atomic mass is 9.90. The number of nitrogens with zero attached hydrogens (tertiary/aromatic N) is 5. The van der Waals surface area contributed by atoms with Gasteiger partial charge in [0.25, 0.3) is 0 Å². The zero-order chi connectivity index (χ0) is 41.6. The topological polar surface area (TPSA) is 48.5 Å². The Balaban J connectivity index is 1.24. The van der Waals surface area contributed by atoms with Crippen LogP contribution >= 0.6 is 0 Å². The van der Waals surface area contributed by atoms with Gasteiger partial charge in [-0.05, 0) is 59.9 Å². The molecule has 0 saturated heterocycles. The number of aromatic nitrogens is 5. The highest BCUT2D eigenvalue weighted by Gasteiger charge is 2.24. The number of allylic oxidation sites excluding steroid dienone is 4. The molecule has 0 aliphatic carbocycles. The number of benzene rings is 8. The second kappa shape index (κ2) is 15.5. The van der Waals surface area contributed by atoms with Crippen LogP contribution in [0.1, 0.15) is 19.4 Å². The van der Waals surface area contributed by atoms with E-state index < -0.39 is 0 Å². The minimum absolute atomic E-state index is 0.563. The molecule has 5 nitrogen and oxygen atoms in total. The molecule has 0 spiro atoms. The molecule has 0 saturated carbocycles. The summed E-state index contributed by atoms with van der Waals surface area (Å²) in [7, 11) is 0. The van der Waals surface area contributed by atoms with Crippen LogP contribution in [0.3, 0.4) is 0 Å². The van der Waals surface area contributed by atoms with Crippen LogP contribution in [-0.4, -0.2) is 24.1 Å². The average molecular weight is 796 g/mol. The van der Waals surface area contributed by atoms with E-state index in [-0.39, 0.29) is 0 Å². The Morgan fingerprint density at radius 3 is 1.50 bits per heavy atom. The minimum atomic E-state index is 0.563. The van der Waals surface area contributed by atoms with E-state index in [9.17, 15) is 0 Å².